The van der Waals surface area contributed by atoms with Crippen LogP contribution >= 0.6 is 23.2 Å². The molecule has 156 valence electrons. The molecule has 0 saturated carbocycles. The summed E-state index contributed by atoms with van der Waals surface area (Å²) < 4.78 is 5.67. The van der Waals surface area contributed by atoms with Gasteiger partial charge in [-0.05, 0) is 55.7 Å². The van der Waals surface area contributed by atoms with Gasteiger partial charge in [-0.2, -0.15) is 0 Å². The topological polar surface area (TPSA) is 58.6 Å². The number of halogens is 2. The third-order valence-electron chi connectivity index (χ3n) is 4.44. The van der Waals surface area contributed by atoms with Gasteiger partial charge in [-0.25, -0.2) is 0 Å². The van der Waals surface area contributed by atoms with Gasteiger partial charge in [-0.15, -0.1) is 0 Å². The third-order valence-corrected chi connectivity index (χ3v) is 5.03. The number of rotatable bonds is 9. The van der Waals surface area contributed by atoms with Crippen molar-refractivity contribution in [2.24, 2.45) is 0 Å². The molecule has 7 heteroatoms. The van der Waals surface area contributed by atoms with Crippen LogP contribution in [0.2, 0.25) is 10.0 Å². The number of hydrogen-bond donors (Lipinski definition) is 1. The Labute approximate surface area is 181 Å². The van der Waals surface area contributed by atoms with Gasteiger partial charge in [0.25, 0.3) is 5.91 Å². The second-order valence-corrected chi connectivity index (χ2v) is 7.52. The van der Waals surface area contributed by atoms with Crippen LogP contribution in [0.1, 0.15) is 31.4 Å². The van der Waals surface area contributed by atoms with Gasteiger partial charge in [0.2, 0.25) is 5.91 Å². The summed E-state index contributed by atoms with van der Waals surface area (Å²) in [5.41, 5.74) is 1.75. The lowest BCUT2D eigenvalue weighted by atomic mass is 10.1. The highest BCUT2D eigenvalue weighted by Crippen LogP contribution is 2.24. The fraction of sp³-hybridized carbons (Fsp3) is 0.364. The summed E-state index contributed by atoms with van der Waals surface area (Å²) >= 11 is 12.3. The molecular weight excluding hydrogens is 411 g/mol. The number of benzene rings is 2. The van der Waals surface area contributed by atoms with Gasteiger partial charge in [0.1, 0.15) is 11.8 Å². The molecule has 0 fully saturated rings. The number of nitrogens with one attached hydrogen (secondary N) is 1. The van der Waals surface area contributed by atoms with Crippen LogP contribution in [0.4, 0.5) is 0 Å². The van der Waals surface area contributed by atoms with E-state index in [0.29, 0.717) is 34.3 Å². The fourth-order valence-electron chi connectivity index (χ4n) is 2.98. The van der Waals surface area contributed by atoms with Crippen molar-refractivity contribution in [2.45, 2.75) is 39.8 Å². The van der Waals surface area contributed by atoms with Crippen LogP contribution in [0, 0.1) is 6.92 Å². The lowest BCUT2D eigenvalue weighted by Gasteiger charge is -2.30. The number of amides is 2. The minimum absolute atomic E-state index is 0.176. The molecule has 2 amide bonds. The van der Waals surface area contributed by atoms with Gasteiger partial charge < -0.3 is 15.0 Å². The summed E-state index contributed by atoms with van der Waals surface area (Å²) in [6.07, 6.45) is 0.466. The molecule has 0 aromatic heterocycles. The molecule has 2 aromatic rings. The van der Waals surface area contributed by atoms with Gasteiger partial charge >= 0.3 is 0 Å². The highest BCUT2D eigenvalue weighted by atomic mass is 35.5. The average molecular weight is 437 g/mol. The first-order chi connectivity index (χ1) is 13.8. The maximum atomic E-state index is 13.0. The van der Waals surface area contributed by atoms with Crippen LogP contribution in [0.5, 0.6) is 5.75 Å². The monoisotopic (exact) mass is 436 g/mol. The summed E-state index contributed by atoms with van der Waals surface area (Å²) in [6.45, 7) is 6.15. The summed E-state index contributed by atoms with van der Waals surface area (Å²) in [4.78, 5) is 27.1. The number of ether oxygens (including phenoxy) is 1. The first-order valence-corrected chi connectivity index (χ1v) is 10.3. The number of aryl methyl sites for hydroxylation is 1. The van der Waals surface area contributed by atoms with Crippen LogP contribution < -0.4 is 10.1 Å². The van der Waals surface area contributed by atoms with Gasteiger partial charge in [0.15, 0.2) is 6.61 Å². The Bertz CT molecular complexity index is 858. The minimum atomic E-state index is -0.629. The maximum absolute atomic E-state index is 13.0. The average Bonchev–Trinajstić information content (AvgIpc) is 2.68. The predicted octanol–water partition coefficient (Wildman–Crippen LogP) is 4.62. The van der Waals surface area contributed by atoms with Crippen LogP contribution in [-0.4, -0.2) is 35.9 Å². The van der Waals surface area contributed by atoms with Crippen molar-refractivity contribution in [3.05, 3.63) is 63.6 Å². The Morgan fingerprint density at radius 1 is 1.14 bits per heavy atom. The molecule has 0 unspecified atom stereocenters. The highest BCUT2D eigenvalue weighted by molar-refractivity contribution is 6.35. The van der Waals surface area contributed by atoms with Gasteiger partial charge in [-0.1, -0.05) is 48.3 Å². The lowest BCUT2D eigenvalue weighted by Crippen LogP contribution is -2.50. The van der Waals surface area contributed by atoms with E-state index in [1.807, 2.05) is 39.0 Å². The van der Waals surface area contributed by atoms with E-state index >= 15 is 0 Å². The molecular formula is C22H26Cl2N2O3. The Morgan fingerprint density at radius 2 is 1.90 bits per heavy atom. The summed E-state index contributed by atoms with van der Waals surface area (Å²) in [5.74, 6) is 0.105. The minimum Gasteiger partial charge on any atom is -0.484 e. The van der Waals surface area contributed by atoms with Crippen molar-refractivity contribution in [3.8, 4) is 5.75 Å². The number of carbonyl (C=O) groups excluding carboxylic acids is 2. The number of hydrogen-bond acceptors (Lipinski definition) is 3. The number of carbonyl (C=O) groups is 2. The summed E-state index contributed by atoms with van der Waals surface area (Å²) in [7, 11) is 0. The quantitative estimate of drug-likeness (QED) is 0.623. The molecule has 0 heterocycles. The Kier molecular flexibility index (Phi) is 8.80. The first kappa shape index (κ1) is 23.0. The molecule has 0 aliphatic carbocycles. The van der Waals surface area contributed by atoms with Crippen molar-refractivity contribution in [1.82, 2.24) is 10.2 Å². The Balaban J connectivity index is 2.24. The molecule has 2 rings (SSSR count). The molecule has 2 aromatic carbocycles. The van der Waals surface area contributed by atoms with E-state index in [4.69, 9.17) is 27.9 Å². The predicted molar refractivity (Wildman–Crippen MR) is 116 cm³/mol. The van der Waals surface area contributed by atoms with Gasteiger partial charge in [0, 0.05) is 23.1 Å². The van der Waals surface area contributed by atoms with Gasteiger partial charge in [-0.3, -0.25) is 9.59 Å². The summed E-state index contributed by atoms with van der Waals surface area (Å²) in [6, 6.07) is 11.9. The smallest absolute Gasteiger partial charge is 0.261 e. The molecule has 29 heavy (non-hydrogen) atoms. The van der Waals surface area contributed by atoms with E-state index in [0.717, 1.165) is 5.56 Å². The van der Waals surface area contributed by atoms with Crippen LogP contribution in [0.25, 0.3) is 0 Å². The molecule has 5 nitrogen and oxygen atoms in total. The van der Waals surface area contributed by atoms with E-state index < -0.39 is 6.04 Å². The first-order valence-electron chi connectivity index (χ1n) is 9.56. The Morgan fingerprint density at radius 3 is 2.52 bits per heavy atom. The highest BCUT2D eigenvalue weighted by Gasteiger charge is 2.29. The lowest BCUT2D eigenvalue weighted by molar-refractivity contribution is -0.142. The zero-order valence-electron chi connectivity index (χ0n) is 16.9. The molecule has 0 aliphatic rings. The Hall–Kier alpha value is -2.24. The molecule has 0 radical (unpaired) electrons. The van der Waals surface area contributed by atoms with Crippen molar-refractivity contribution >= 4 is 35.0 Å². The largest absolute Gasteiger partial charge is 0.484 e. The fourth-order valence-corrected chi connectivity index (χ4v) is 3.45. The van der Waals surface area contributed by atoms with Crippen molar-refractivity contribution in [2.75, 3.05) is 13.2 Å². The second kappa shape index (κ2) is 11.1. The standard InChI is InChI=1S/C22H26Cl2N2O3/c1-4-20(22(28)25-5-2)26(13-16-9-10-17(23)12-19(16)24)21(27)14-29-18-8-6-7-15(3)11-18/h6-12,20H,4-5,13-14H2,1-3H3,(H,25,28)/t20-/m1/s1. The number of likely N-dealkylation sites (N-methyl/N-ethyl adjacent to an activating group) is 1. The zero-order valence-corrected chi connectivity index (χ0v) is 18.4. The van der Waals surface area contributed by atoms with Gasteiger partial charge in [0.05, 0.1) is 0 Å². The van der Waals surface area contributed by atoms with Crippen LogP contribution in [0.15, 0.2) is 42.5 Å². The van der Waals surface area contributed by atoms with E-state index in [9.17, 15) is 9.59 Å². The number of nitrogens with zero attached hydrogens (tertiary/aromatic N) is 1. The molecule has 0 bridgehead atoms. The summed E-state index contributed by atoms with van der Waals surface area (Å²) in [5, 5.41) is 3.75. The normalized spacial score (nSPS) is 11.6. The van der Waals surface area contributed by atoms with Crippen LogP contribution in [-0.2, 0) is 16.1 Å². The maximum Gasteiger partial charge on any atom is 0.261 e. The third kappa shape index (κ3) is 6.65. The second-order valence-electron chi connectivity index (χ2n) is 6.68. The van der Waals surface area contributed by atoms with E-state index in [-0.39, 0.29) is 25.0 Å². The zero-order chi connectivity index (χ0) is 21.4. The molecule has 0 saturated heterocycles. The van der Waals surface area contributed by atoms with E-state index in [1.165, 1.54) is 4.90 Å². The SMILES string of the molecule is CCNC(=O)[C@@H](CC)N(Cc1ccc(Cl)cc1Cl)C(=O)COc1cccc(C)c1. The van der Waals surface area contributed by atoms with Crippen molar-refractivity contribution in [1.29, 1.82) is 0 Å². The molecule has 0 aliphatic heterocycles. The van der Waals surface area contributed by atoms with E-state index in [2.05, 4.69) is 5.32 Å². The van der Waals surface area contributed by atoms with Crippen molar-refractivity contribution < 1.29 is 14.3 Å². The molecule has 1 N–H and O–H groups in total. The van der Waals surface area contributed by atoms with E-state index in [1.54, 1.807) is 24.3 Å². The molecule has 0 spiro atoms. The molecule has 1 atom stereocenters. The van der Waals surface area contributed by atoms with Crippen molar-refractivity contribution in [3.63, 3.8) is 0 Å². The van der Waals surface area contributed by atoms with Crippen LogP contribution in [0.3, 0.4) is 0 Å².